The standard InChI is InChI=1S/C19H31N3O/c1-19(2,3)17-7-4-16(5-8-17)6-9-18(23)21-12-15-22-13-10-20-11-14-22/h4-5,7-8,20H,6,9-15H2,1-3H3,(H,21,23). The van der Waals surface area contributed by atoms with E-state index in [0.717, 1.165) is 45.7 Å². The van der Waals surface area contributed by atoms with Gasteiger partial charge in [0.15, 0.2) is 0 Å². The van der Waals surface area contributed by atoms with Crippen molar-refractivity contribution < 1.29 is 4.79 Å². The fourth-order valence-electron chi connectivity index (χ4n) is 2.81. The van der Waals surface area contributed by atoms with Gasteiger partial charge in [0, 0.05) is 45.7 Å². The quantitative estimate of drug-likeness (QED) is 0.843. The van der Waals surface area contributed by atoms with Gasteiger partial charge in [0.1, 0.15) is 0 Å². The lowest BCUT2D eigenvalue weighted by molar-refractivity contribution is -0.121. The van der Waals surface area contributed by atoms with Gasteiger partial charge in [-0.3, -0.25) is 9.69 Å². The maximum Gasteiger partial charge on any atom is 0.220 e. The highest BCUT2D eigenvalue weighted by Crippen LogP contribution is 2.22. The molecule has 4 nitrogen and oxygen atoms in total. The van der Waals surface area contributed by atoms with Crippen molar-refractivity contribution in [2.45, 2.75) is 39.0 Å². The summed E-state index contributed by atoms with van der Waals surface area (Å²) in [6.07, 6.45) is 1.38. The molecule has 23 heavy (non-hydrogen) atoms. The third-order valence-corrected chi connectivity index (χ3v) is 4.42. The molecule has 128 valence electrons. The molecule has 1 aliphatic heterocycles. The second kappa shape index (κ2) is 8.46. The molecule has 2 N–H and O–H groups in total. The number of aryl methyl sites for hydroxylation is 1. The van der Waals surface area contributed by atoms with Gasteiger partial charge < -0.3 is 10.6 Å². The summed E-state index contributed by atoms with van der Waals surface area (Å²) >= 11 is 0. The van der Waals surface area contributed by atoms with Crippen LogP contribution < -0.4 is 10.6 Å². The highest BCUT2D eigenvalue weighted by atomic mass is 16.1. The van der Waals surface area contributed by atoms with Crippen LogP contribution >= 0.6 is 0 Å². The molecule has 0 atom stereocenters. The summed E-state index contributed by atoms with van der Waals surface area (Å²) in [6, 6.07) is 8.65. The molecule has 0 unspecified atom stereocenters. The van der Waals surface area contributed by atoms with Crippen LogP contribution in [0.5, 0.6) is 0 Å². The summed E-state index contributed by atoms with van der Waals surface area (Å²) in [6.45, 7) is 12.6. The average molecular weight is 317 g/mol. The minimum absolute atomic E-state index is 0.153. The lowest BCUT2D eigenvalue weighted by Crippen LogP contribution is -2.46. The van der Waals surface area contributed by atoms with Crippen molar-refractivity contribution in [2.75, 3.05) is 39.3 Å². The first-order valence-electron chi connectivity index (χ1n) is 8.74. The molecule has 1 amide bonds. The van der Waals surface area contributed by atoms with Crippen molar-refractivity contribution in [3.05, 3.63) is 35.4 Å². The predicted octanol–water partition coefficient (Wildman–Crippen LogP) is 1.94. The zero-order valence-electron chi connectivity index (χ0n) is 14.8. The number of rotatable bonds is 6. The summed E-state index contributed by atoms with van der Waals surface area (Å²) in [5, 5.41) is 6.37. The summed E-state index contributed by atoms with van der Waals surface area (Å²) in [5.41, 5.74) is 2.75. The van der Waals surface area contributed by atoms with Crippen LogP contribution in [0, 0.1) is 0 Å². The Morgan fingerprint density at radius 2 is 1.83 bits per heavy atom. The second-order valence-corrected chi connectivity index (χ2v) is 7.39. The molecule has 0 aliphatic carbocycles. The number of hydrogen-bond acceptors (Lipinski definition) is 3. The van der Waals surface area contributed by atoms with E-state index in [4.69, 9.17) is 0 Å². The van der Waals surface area contributed by atoms with Crippen LogP contribution in [-0.2, 0) is 16.6 Å². The molecular weight excluding hydrogens is 286 g/mol. The molecular formula is C19H31N3O. The molecule has 4 heteroatoms. The fraction of sp³-hybridized carbons (Fsp3) is 0.632. The summed E-state index contributed by atoms with van der Waals surface area (Å²) in [7, 11) is 0. The zero-order valence-corrected chi connectivity index (χ0v) is 14.8. The summed E-state index contributed by atoms with van der Waals surface area (Å²) < 4.78 is 0. The zero-order chi connectivity index (χ0) is 16.7. The Kier molecular flexibility index (Phi) is 6.60. The number of nitrogens with one attached hydrogen (secondary N) is 2. The van der Waals surface area contributed by atoms with Crippen molar-refractivity contribution in [2.24, 2.45) is 0 Å². The second-order valence-electron chi connectivity index (χ2n) is 7.39. The van der Waals surface area contributed by atoms with E-state index in [9.17, 15) is 4.79 Å². The normalized spacial score (nSPS) is 16.3. The first-order chi connectivity index (χ1) is 10.9. The number of amides is 1. The summed E-state index contributed by atoms with van der Waals surface area (Å²) in [4.78, 5) is 14.3. The Labute approximate surface area is 140 Å². The molecule has 1 aromatic rings. The number of carbonyl (C=O) groups is 1. The van der Waals surface area contributed by atoms with Gasteiger partial charge in [-0.25, -0.2) is 0 Å². The summed E-state index contributed by atoms with van der Waals surface area (Å²) in [5.74, 6) is 0.153. The van der Waals surface area contributed by atoms with Crippen LogP contribution in [0.4, 0.5) is 0 Å². The molecule has 1 heterocycles. The lowest BCUT2D eigenvalue weighted by Gasteiger charge is -2.27. The maximum atomic E-state index is 11.9. The number of benzene rings is 1. The molecule has 0 spiro atoms. The van der Waals surface area contributed by atoms with E-state index in [-0.39, 0.29) is 11.3 Å². The highest BCUT2D eigenvalue weighted by Gasteiger charge is 2.13. The van der Waals surface area contributed by atoms with Crippen molar-refractivity contribution in [3.63, 3.8) is 0 Å². The Morgan fingerprint density at radius 3 is 2.43 bits per heavy atom. The molecule has 0 radical (unpaired) electrons. The van der Waals surface area contributed by atoms with Crippen molar-refractivity contribution >= 4 is 5.91 Å². The monoisotopic (exact) mass is 317 g/mol. The SMILES string of the molecule is CC(C)(C)c1ccc(CCC(=O)NCCN2CCNCC2)cc1. The van der Waals surface area contributed by atoms with Gasteiger partial charge in [0.25, 0.3) is 0 Å². The van der Waals surface area contributed by atoms with Crippen LogP contribution in [0.1, 0.15) is 38.3 Å². The van der Waals surface area contributed by atoms with Crippen LogP contribution in [0.3, 0.4) is 0 Å². The maximum absolute atomic E-state index is 11.9. The van der Waals surface area contributed by atoms with E-state index in [1.807, 2.05) is 0 Å². The van der Waals surface area contributed by atoms with Crippen LogP contribution in [0.15, 0.2) is 24.3 Å². The van der Waals surface area contributed by atoms with E-state index < -0.39 is 0 Å². The number of hydrogen-bond donors (Lipinski definition) is 2. The number of piperazine rings is 1. The van der Waals surface area contributed by atoms with Gasteiger partial charge in [0.2, 0.25) is 5.91 Å². The van der Waals surface area contributed by atoms with Gasteiger partial charge >= 0.3 is 0 Å². The molecule has 2 rings (SSSR count). The Balaban J connectivity index is 1.65. The van der Waals surface area contributed by atoms with Gasteiger partial charge in [0.05, 0.1) is 0 Å². The van der Waals surface area contributed by atoms with Gasteiger partial charge in [-0.15, -0.1) is 0 Å². The first-order valence-corrected chi connectivity index (χ1v) is 8.74. The van der Waals surface area contributed by atoms with Crippen LogP contribution in [0.2, 0.25) is 0 Å². The Morgan fingerprint density at radius 1 is 1.17 bits per heavy atom. The Bertz CT molecular complexity index is 484. The number of nitrogens with zero attached hydrogens (tertiary/aromatic N) is 1. The molecule has 1 saturated heterocycles. The van der Waals surface area contributed by atoms with Gasteiger partial charge in [-0.05, 0) is 23.0 Å². The molecule has 1 aromatic carbocycles. The van der Waals surface area contributed by atoms with Crippen molar-refractivity contribution in [3.8, 4) is 0 Å². The smallest absolute Gasteiger partial charge is 0.220 e. The molecule has 1 fully saturated rings. The molecule has 1 aliphatic rings. The van der Waals surface area contributed by atoms with Crippen molar-refractivity contribution in [1.82, 2.24) is 15.5 Å². The Hall–Kier alpha value is -1.39. The number of carbonyl (C=O) groups excluding carboxylic acids is 1. The van der Waals surface area contributed by atoms with Crippen molar-refractivity contribution in [1.29, 1.82) is 0 Å². The van der Waals surface area contributed by atoms with E-state index >= 15 is 0 Å². The topological polar surface area (TPSA) is 44.4 Å². The van der Waals surface area contributed by atoms with E-state index in [2.05, 4.69) is 60.6 Å². The van der Waals surface area contributed by atoms with Gasteiger partial charge in [-0.2, -0.15) is 0 Å². The first kappa shape index (κ1) is 18.0. The molecule has 0 saturated carbocycles. The largest absolute Gasteiger partial charge is 0.355 e. The minimum atomic E-state index is 0.153. The van der Waals surface area contributed by atoms with Gasteiger partial charge in [-0.1, -0.05) is 45.0 Å². The predicted molar refractivity (Wildman–Crippen MR) is 95.8 cm³/mol. The fourth-order valence-corrected chi connectivity index (χ4v) is 2.81. The van der Waals surface area contributed by atoms with Crippen LogP contribution in [-0.4, -0.2) is 50.1 Å². The molecule has 0 aromatic heterocycles. The van der Waals surface area contributed by atoms with E-state index in [1.54, 1.807) is 0 Å². The van der Waals surface area contributed by atoms with Crippen LogP contribution in [0.25, 0.3) is 0 Å². The molecule has 0 bridgehead atoms. The third kappa shape index (κ3) is 6.32. The average Bonchev–Trinajstić information content (AvgIpc) is 2.53. The third-order valence-electron chi connectivity index (χ3n) is 4.42. The lowest BCUT2D eigenvalue weighted by atomic mass is 9.86. The minimum Gasteiger partial charge on any atom is -0.355 e. The van der Waals surface area contributed by atoms with E-state index in [0.29, 0.717) is 6.42 Å². The van der Waals surface area contributed by atoms with E-state index in [1.165, 1.54) is 11.1 Å². The highest BCUT2D eigenvalue weighted by molar-refractivity contribution is 5.76.